The van der Waals surface area contributed by atoms with Crippen molar-refractivity contribution >= 4 is 60.2 Å². The van der Waals surface area contributed by atoms with Crippen LogP contribution >= 0.6 is 54.5 Å². The van der Waals surface area contributed by atoms with Crippen LogP contribution in [0.3, 0.4) is 0 Å². The maximum absolute atomic E-state index is 12.6. The molecule has 0 aliphatic heterocycles. The monoisotopic (exact) mass is 492 g/mol. The Morgan fingerprint density at radius 1 is 1.00 bits per heavy atom. The van der Waals surface area contributed by atoms with Gasteiger partial charge in [0.25, 0.3) is 0 Å². The Balaban J connectivity index is 2.56. The van der Waals surface area contributed by atoms with E-state index in [1.807, 2.05) is 44.2 Å². The van der Waals surface area contributed by atoms with Crippen molar-refractivity contribution in [3.8, 4) is 0 Å². The van der Waals surface area contributed by atoms with Crippen molar-refractivity contribution in [3.63, 3.8) is 0 Å². The topological polar surface area (TPSA) is 17.1 Å². The number of benzene rings is 2. The molecule has 98 valence electrons. The lowest BCUT2D eigenvalue weighted by atomic mass is 10.0. The molecule has 0 fully saturated rings. The minimum atomic E-state index is 0.0423. The zero-order valence-electron chi connectivity index (χ0n) is 10.4. The largest absolute Gasteiger partial charge is 0.289 e. The van der Waals surface area contributed by atoms with Gasteiger partial charge in [-0.15, -0.1) is 0 Å². The van der Waals surface area contributed by atoms with Gasteiger partial charge in [0, 0.05) is 23.6 Å². The second-order valence-electron chi connectivity index (χ2n) is 4.35. The molecule has 1 nitrogen and oxygen atoms in total. The standard InChI is InChI=1S/C15H11Br2IO/c1-8-4-3-5-10(14(8)18)15(19)11-7-12(16)9(2)6-13(11)17/h3-7H,1-2H3. The van der Waals surface area contributed by atoms with Gasteiger partial charge in [-0.2, -0.15) is 0 Å². The summed E-state index contributed by atoms with van der Waals surface area (Å²) < 4.78 is 2.78. The number of rotatable bonds is 2. The summed E-state index contributed by atoms with van der Waals surface area (Å²) in [7, 11) is 0. The van der Waals surface area contributed by atoms with Gasteiger partial charge in [0.1, 0.15) is 0 Å². The van der Waals surface area contributed by atoms with Crippen molar-refractivity contribution in [2.45, 2.75) is 13.8 Å². The maximum atomic E-state index is 12.6. The van der Waals surface area contributed by atoms with E-state index in [1.165, 1.54) is 0 Å². The van der Waals surface area contributed by atoms with Gasteiger partial charge in [-0.3, -0.25) is 4.79 Å². The Labute approximate surface area is 143 Å². The summed E-state index contributed by atoms with van der Waals surface area (Å²) in [5.41, 5.74) is 3.65. The van der Waals surface area contributed by atoms with E-state index in [2.05, 4.69) is 54.5 Å². The number of carbonyl (C=O) groups is 1. The van der Waals surface area contributed by atoms with E-state index < -0.39 is 0 Å². The van der Waals surface area contributed by atoms with E-state index in [0.717, 1.165) is 29.2 Å². The number of ketones is 1. The molecule has 0 N–H and O–H groups in total. The minimum Gasteiger partial charge on any atom is -0.289 e. The molecule has 0 aliphatic carbocycles. The van der Waals surface area contributed by atoms with Gasteiger partial charge in [0.2, 0.25) is 0 Å². The van der Waals surface area contributed by atoms with Gasteiger partial charge in [0.05, 0.1) is 0 Å². The lowest BCUT2D eigenvalue weighted by Gasteiger charge is -2.09. The van der Waals surface area contributed by atoms with Crippen molar-refractivity contribution in [2.24, 2.45) is 0 Å². The Hall–Kier alpha value is -0.200. The van der Waals surface area contributed by atoms with E-state index in [1.54, 1.807) is 0 Å². The van der Waals surface area contributed by atoms with Gasteiger partial charge in [-0.1, -0.05) is 44.0 Å². The molecule has 0 amide bonds. The van der Waals surface area contributed by atoms with E-state index >= 15 is 0 Å². The van der Waals surface area contributed by atoms with Gasteiger partial charge in [-0.25, -0.2) is 0 Å². The number of hydrogen-bond acceptors (Lipinski definition) is 1. The highest BCUT2D eigenvalue weighted by Gasteiger charge is 2.17. The van der Waals surface area contributed by atoms with E-state index in [0.29, 0.717) is 5.56 Å². The van der Waals surface area contributed by atoms with Gasteiger partial charge in [-0.05, 0) is 65.8 Å². The molecule has 0 aliphatic rings. The van der Waals surface area contributed by atoms with Gasteiger partial charge < -0.3 is 0 Å². The third kappa shape index (κ3) is 3.11. The molecular weight excluding hydrogens is 483 g/mol. The van der Waals surface area contributed by atoms with Crippen LogP contribution < -0.4 is 0 Å². The van der Waals surface area contributed by atoms with Crippen LogP contribution in [-0.2, 0) is 0 Å². The number of halogens is 3. The molecule has 0 saturated heterocycles. The summed E-state index contributed by atoms with van der Waals surface area (Å²) in [5, 5.41) is 0. The summed E-state index contributed by atoms with van der Waals surface area (Å²) in [6.07, 6.45) is 0. The Bertz CT molecular complexity index is 665. The average molecular weight is 494 g/mol. The van der Waals surface area contributed by atoms with Crippen LogP contribution in [0.4, 0.5) is 0 Å². The number of hydrogen-bond donors (Lipinski definition) is 0. The molecule has 2 aromatic carbocycles. The highest BCUT2D eigenvalue weighted by atomic mass is 127. The molecule has 0 radical (unpaired) electrons. The molecule has 0 saturated carbocycles. The summed E-state index contributed by atoms with van der Waals surface area (Å²) in [5.74, 6) is 0.0423. The molecule has 0 unspecified atom stereocenters. The summed E-state index contributed by atoms with van der Waals surface area (Å²) in [4.78, 5) is 12.6. The maximum Gasteiger partial charge on any atom is 0.195 e. The zero-order valence-corrected chi connectivity index (χ0v) is 15.8. The highest BCUT2D eigenvalue weighted by Crippen LogP contribution is 2.29. The predicted octanol–water partition coefficient (Wildman–Crippen LogP) is 5.66. The third-order valence-electron chi connectivity index (χ3n) is 2.93. The summed E-state index contributed by atoms with van der Waals surface area (Å²) in [6.45, 7) is 4.01. The van der Waals surface area contributed by atoms with E-state index in [-0.39, 0.29) is 5.78 Å². The number of aryl methyl sites for hydroxylation is 2. The van der Waals surface area contributed by atoms with Crippen molar-refractivity contribution in [3.05, 3.63) is 65.1 Å². The van der Waals surface area contributed by atoms with E-state index in [4.69, 9.17) is 0 Å². The molecule has 0 aromatic heterocycles. The molecule has 4 heteroatoms. The Morgan fingerprint density at radius 2 is 1.68 bits per heavy atom. The van der Waals surface area contributed by atoms with Crippen LogP contribution in [0.1, 0.15) is 27.0 Å². The Morgan fingerprint density at radius 3 is 2.37 bits per heavy atom. The first-order valence-corrected chi connectivity index (χ1v) is 8.33. The first kappa shape index (κ1) is 15.2. The molecule has 0 bridgehead atoms. The molecule has 2 aromatic rings. The van der Waals surface area contributed by atoms with Crippen LogP contribution in [-0.4, -0.2) is 5.78 Å². The van der Waals surface area contributed by atoms with Gasteiger partial charge >= 0.3 is 0 Å². The van der Waals surface area contributed by atoms with E-state index in [9.17, 15) is 4.79 Å². The lowest BCUT2D eigenvalue weighted by molar-refractivity contribution is 0.103. The minimum absolute atomic E-state index is 0.0423. The summed E-state index contributed by atoms with van der Waals surface area (Å²) in [6, 6.07) is 9.64. The fraction of sp³-hybridized carbons (Fsp3) is 0.133. The van der Waals surface area contributed by atoms with Crippen LogP contribution in [0.15, 0.2) is 39.3 Å². The van der Waals surface area contributed by atoms with Crippen molar-refractivity contribution in [1.82, 2.24) is 0 Å². The average Bonchev–Trinajstić information content (AvgIpc) is 2.36. The molecule has 0 atom stereocenters. The first-order valence-electron chi connectivity index (χ1n) is 5.67. The third-order valence-corrected chi connectivity index (χ3v) is 5.87. The zero-order chi connectivity index (χ0) is 14.2. The number of carbonyl (C=O) groups excluding carboxylic acids is 1. The normalized spacial score (nSPS) is 10.6. The first-order chi connectivity index (χ1) is 8.91. The SMILES string of the molecule is Cc1cc(Br)c(C(=O)c2cccc(C)c2I)cc1Br. The van der Waals surface area contributed by atoms with Crippen molar-refractivity contribution in [2.75, 3.05) is 0 Å². The van der Waals surface area contributed by atoms with Crippen molar-refractivity contribution < 1.29 is 4.79 Å². The molecular formula is C15H11Br2IO. The Kier molecular flexibility index (Phi) is 4.84. The highest BCUT2D eigenvalue weighted by molar-refractivity contribution is 14.1. The predicted molar refractivity (Wildman–Crippen MR) is 93.9 cm³/mol. The van der Waals surface area contributed by atoms with Crippen molar-refractivity contribution in [1.29, 1.82) is 0 Å². The molecule has 2 rings (SSSR count). The second kappa shape index (κ2) is 6.06. The fourth-order valence-corrected chi connectivity index (χ4v) is 3.37. The lowest BCUT2D eigenvalue weighted by Crippen LogP contribution is -2.06. The second-order valence-corrected chi connectivity index (χ2v) is 7.13. The molecule has 0 spiro atoms. The van der Waals surface area contributed by atoms with Gasteiger partial charge in [0.15, 0.2) is 5.78 Å². The fourth-order valence-electron chi connectivity index (χ4n) is 1.79. The molecule has 0 heterocycles. The quantitative estimate of drug-likeness (QED) is 0.389. The van der Waals surface area contributed by atoms with Crippen LogP contribution in [0, 0.1) is 17.4 Å². The van der Waals surface area contributed by atoms with Crippen LogP contribution in [0.2, 0.25) is 0 Å². The summed E-state index contributed by atoms with van der Waals surface area (Å²) >= 11 is 9.18. The smallest absolute Gasteiger partial charge is 0.195 e. The molecule has 19 heavy (non-hydrogen) atoms. The van der Waals surface area contributed by atoms with Crippen LogP contribution in [0.25, 0.3) is 0 Å². The van der Waals surface area contributed by atoms with Crippen LogP contribution in [0.5, 0.6) is 0 Å².